The van der Waals surface area contributed by atoms with Crippen molar-refractivity contribution in [3.63, 3.8) is 0 Å². The number of pyridine rings is 1. The van der Waals surface area contributed by atoms with Gasteiger partial charge in [-0.3, -0.25) is 4.79 Å². The zero-order valence-corrected chi connectivity index (χ0v) is 15.4. The van der Waals surface area contributed by atoms with Gasteiger partial charge in [0.05, 0.1) is 6.42 Å². The summed E-state index contributed by atoms with van der Waals surface area (Å²) in [5.41, 5.74) is 2.36. The van der Waals surface area contributed by atoms with Gasteiger partial charge in [0.1, 0.15) is 11.5 Å². The van der Waals surface area contributed by atoms with Crippen molar-refractivity contribution < 1.29 is 9.32 Å². The van der Waals surface area contributed by atoms with Gasteiger partial charge in [-0.05, 0) is 36.6 Å². The average Bonchev–Trinajstić information content (AvgIpc) is 2.92. The molecule has 3 heterocycles. The minimum Gasteiger partial charge on any atom is -0.357 e. The van der Waals surface area contributed by atoms with Crippen LogP contribution >= 0.6 is 0 Å². The Kier molecular flexibility index (Phi) is 5.32. The van der Waals surface area contributed by atoms with Gasteiger partial charge in [0.2, 0.25) is 5.91 Å². The number of para-hydroxylation sites is 1. The van der Waals surface area contributed by atoms with Gasteiger partial charge in [-0.25, -0.2) is 4.98 Å². The smallest absolute Gasteiger partial charge is 0.226 e. The number of fused-ring (bicyclic) bond motifs is 1. The van der Waals surface area contributed by atoms with E-state index in [2.05, 4.69) is 26.4 Å². The fraction of sp³-hybridized carbons (Fsp3) is 0.381. The number of hydrogen-bond acceptors (Lipinski definition) is 5. The van der Waals surface area contributed by atoms with Gasteiger partial charge in [0.15, 0.2) is 5.58 Å². The molecule has 1 aliphatic heterocycles. The number of carbonyl (C=O) groups is 1. The van der Waals surface area contributed by atoms with Crippen LogP contribution in [0.3, 0.4) is 0 Å². The Labute approximate surface area is 158 Å². The van der Waals surface area contributed by atoms with E-state index in [0.29, 0.717) is 17.8 Å². The van der Waals surface area contributed by atoms with E-state index in [1.807, 2.05) is 36.5 Å². The summed E-state index contributed by atoms with van der Waals surface area (Å²) in [7, 11) is 0. The second kappa shape index (κ2) is 8.20. The summed E-state index contributed by atoms with van der Waals surface area (Å²) in [5.74, 6) is 0.951. The molecule has 0 bridgehead atoms. The Morgan fingerprint density at radius 2 is 1.89 bits per heavy atom. The topological polar surface area (TPSA) is 71.3 Å². The standard InChI is InChI=1S/C21H24N4O2/c26-21(13-18-17-7-3-4-8-19(17)27-24-18)23-15-16-9-10-20(22-14-16)25-11-5-1-2-6-12-25/h3-4,7-10,14H,1-2,5-6,11-13,15H2,(H,23,26). The minimum absolute atomic E-state index is 0.0781. The lowest BCUT2D eigenvalue weighted by Gasteiger charge is -2.21. The summed E-state index contributed by atoms with van der Waals surface area (Å²) >= 11 is 0. The first-order valence-corrected chi connectivity index (χ1v) is 9.59. The lowest BCUT2D eigenvalue weighted by molar-refractivity contribution is -0.120. The van der Waals surface area contributed by atoms with E-state index >= 15 is 0 Å². The molecular weight excluding hydrogens is 340 g/mol. The minimum atomic E-state index is -0.0781. The van der Waals surface area contributed by atoms with E-state index in [0.717, 1.165) is 29.9 Å². The fourth-order valence-corrected chi connectivity index (χ4v) is 3.49. The molecule has 0 saturated carbocycles. The Balaban J connectivity index is 1.32. The third kappa shape index (κ3) is 4.27. The monoisotopic (exact) mass is 364 g/mol. The van der Waals surface area contributed by atoms with E-state index in [1.165, 1.54) is 25.7 Å². The fourth-order valence-electron chi connectivity index (χ4n) is 3.49. The SMILES string of the molecule is O=C(Cc1noc2ccccc12)NCc1ccc(N2CCCCCC2)nc1. The van der Waals surface area contributed by atoms with Gasteiger partial charge in [0, 0.05) is 31.2 Å². The lowest BCUT2D eigenvalue weighted by atomic mass is 10.1. The molecule has 0 unspecified atom stereocenters. The average molecular weight is 364 g/mol. The van der Waals surface area contributed by atoms with Crippen molar-refractivity contribution in [3.8, 4) is 0 Å². The van der Waals surface area contributed by atoms with Crippen LogP contribution in [0.15, 0.2) is 47.1 Å². The second-order valence-electron chi connectivity index (χ2n) is 7.00. The van der Waals surface area contributed by atoms with Gasteiger partial charge in [-0.2, -0.15) is 0 Å². The molecule has 1 saturated heterocycles. The van der Waals surface area contributed by atoms with Crippen molar-refractivity contribution in [2.75, 3.05) is 18.0 Å². The molecule has 6 nitrogen and oxygen atoms in total. The maximum atomic E-state index is 12.3. The number of amides is 1. The molecule has 3 aromatic rings. The highest BCUT2D eigenvalue weighted by Crippen LogP contribution is 2.19. The molecule has 27 heavy (non-hydrogen) atoms. The molecule has 4 rings (SSSR count). The molecular formula is C21H24N4O2. The zero-order valence-electron chi connectivity index (χ0n) is 15.4. The van der Waals surface area contributed by atoms with E-state index in [-0.39, 0.29) is 12.3 Å². The van der Waals surface area contributed by atoms with E-state index < -0.39 is 0 Å². The molecule has 1 aromatic carbocycles. The molecule has 1 amide bonds. The zero-order chi connectivity index (χ0) is 18.5. The lowest BCUT2D eigenvalue weighted by Crippen LogP contribution is -2.26. The van der Waals surface area contributed by atoms with Gasteiger partial charge in [0.25, 0.3) is 0 Å². The highest BCUT2D eigenvalue weighted by atomic mass is 16.5. The summed E-state index contributed by atoms with van der Waals surface area (Å²) in [6, 6.07) is 11.7. The predicted octanol–water partition coefficient (Wildman–Crippen LogP) is 3.46. The van der Waals surface area contributed by atoms with Crippen molar-refractivity contribution >= 4 is 22.7 Å². The van der Waals surface area contributed by atoms with Crippen molar-refractivity contribution in [2.45, 2.75) is 38.6 Å². The highest BCUT2D eigenvalue weighted by molar-refractivity contribution is 5.86. The third-order valence-electron chi connectivity index (χ3n) is 5.01. The molecule has 0 aliphatic carbocycles. The maximum absolute atomic E-state index is 12.3. The molecule has 1 fully saturated rings. The first kappa shape index (κ1) is 17.5. The van der Waals surface area contributed by atoms with E-state index in [1.54, 1.807) is 0 Å². The maximum Gasteiger partial charge on any atom is 0.226 e. The van der Waals surface area contributed by atoms with Crippen molar-refractivity contribution in [1.82, 2.24) is 15.5 Å². The Morgan fingerprint density at radius 3 is 2.67 bits per heavy atom. The summed E-state index contributed by atoms with van der Waals surface area (Å²) in [6.45, 7) is 2.62. The van der Waals surface area contributed by atoms with Crippen LogP contribution in [-0.2, 0) is 17.8 Å². The summed E-state index contributed by atoms with van der Waals surface area (Å²) in [6.07, 6.45) is 7.14. The summed E-state index contributed by atoms with van der Waals surface area (Å²) in [4.78, 5) is 19.2. The van der Waals surface area contributed by atoms with Crippen molar-refractivity contribution in [3.05, 3.63) is 53.9 Å². The number of nitrogens with zero attached hydrogens (tertiary/aromatic N) is 3. The first-order chi connectivity index (χ1) is 13.3. The molecule has 0 radical (unpaired) electrons. The van der Waals surface area contributed by atoms with Crippen LogP contribution < -0.4 is 10.2 Å². The highest BCUT2D eigenvalue weighted by Gasteiger charge is 2.13. The third-order valence-corrected chi connectivity index (χ3v) is 5.01. The van der Waals surface area contributed by atoms with Crippen molar-refractivity contribution in [2.24, 2.45) is 0 Å². The van der Waals surface area contributed by atoms with E-state index in [4.69, 9.17) is 4.52 Å². The predicted molar refractivity (Wildman–Crippen MR) is 104 cm³/mol. The first-order valence-electron chi connectivity index (χ1n) is 9.59. The number of benzene rings is 1. The molecule has 0 spiro atoms. The summed E-state index contributed by atoms with van der Waals surface area (Å²) in [5, 5.41) is 7.83. The van der Waals surface area contributed by atoms with Crippen LogP contribution in [0.5, 0.6) is 0 Å². The number of aromatic nitrogens is 2. The van der Waals surface area contributed by atoms with Crippen LogP contribution in [0, 0.1) is 0 Å². The van der Waals surface area contributed by atoms with Crippen LogP contribution in [0.25, 0.3) is 11.0 Å². The molecule has 1 N–H and O–H groups in total. The number of anilines is 1. The molecule has 140 valence electrons. The molecule has 1 aliphatic rings. The number of hydrogen-bond donors (Lipinski definition) is 1. The number of carbonyl (C=O) groups excluding carboxylic acids is 1. The Hall–Kier alpha value is -2.89. The number of rotatable bonds is 5. The van der Waals surface area contributed by atoms with Gasteiger partial charge in [-0.15, -0.1) is 0 Å². The molecule has 2 aromatic heterocycles. The van der Waals surface area contributed by atoms with Gasteiger partial charge < -0.3 is 14.7 Å². The largest absolute Gasteiger partial charge is 0.357 e. The molecule has 6 heteroatoms. The van der Waals surface area contributed by atoms with Gasteiger partial charge >= 0.3 is 0 Å². The van der Waals surface area contributed by atoms with Crippen LogP contribution in [-0.4, -0.2) is 29.1 Å². The summed E-state index contributed by atoms with van der Waals surface area (Å²) < 4.78 is 5.25. The molecule has 0 atom stereocenters. The quantitative estimate of drug-likeness (QED) is 0.751. The van der Waals surface area contributed by atoms with Crippen LogP contribution in [0.4, 0.5) is 5.82 Å². The second-order valence-corrected chi connectivity index (χ2v) is 7.00. The Morgan fingerprint density at radius 1 is 1.07 bits per heavy atom. The van der Waals surface area contributed by atoms with E-state index in [9.17, 15) is 4.79 Å². The van der Waals surface area contributed by atoms with Crippen molar-refractivity contribution in [1.29, 1.82) is 0 Å². The van der Waals surface area contributed by atoms with Gasteiger partial charge in [-0.1, -0.05) is 36.2 Å². The number of nitrogens with one attached hydrogen (secondary N) is 1. The van der Waals surface area contributed by atoms with Crippen LogP contribution in [0.2, 0.25) is 0 Å². The van der Waals surface area contributed by atoms with Crippen LogP contribution in [0.1, 0.15) is 36.9 Å². The normalized spacial score (nSPS) is 14.9. The Bertz CT molecular complexity index is 896.